The van der Waals surface area contributed by atoms with E-state index >= 15 is 0 Å². The minimum absolute atomic E-state index is 0.0673. The van der Waals surface area contributed by atoms with Gasteiger partial charge in [0.1, 0.15) is 0 Å². The molecular formula is C16H14N4OS. The van der Waals surface area contributed by atoms with Crippen molar-refractivity contribution >= 4 is 22.4 Å². The Morgan fingerprint density at radius 1 is 1.27 bits per heavy atom. The maximum Gasteiger partial charge on any atom is 0.290 e. The molecule has 0 N–H and O–H groups in total. The average Bonchev–Trinajstić information content (AvgIpc) is 3.10. The van der Waals surface area contributed by atoms with E-state index in [1.165, 1.54) is 15.9 Å². The first-order chi connectivity index (χ1) is 10.8. The lowest BCUT2D eigenvalue weighted by atomic mass is 9.94. The third kappa shape index (κ3) is 2.35. The molecule has 110 valence electrons. The van der Waals surface area contributed by atoms with E-state index in [2.05, 4.69) is 33.3 Å². The summed E-state index contributed by atoms with van der Waals surface area (Å²) in [5, 5.41) is 4.34. The van der Waals surface area contributed by atoms with Gasteiger partial charge in [0.25, 0.3) is 5.56 Å². The van der Waals surface area contributed by atoms with E-state index in [1.807, 2.05) is 12.1 Å². The Hall–Kier alpha value is -2.34. The minimum Gasteiger partial charge on any atom is -0.266 e. The van der Waals surface area contributed by atoms with E-state index in [0.29, 0.717) is 16.7 Å². The molecule has 0 amide bonds. The first-order valence-corrected chi connectivity index (χ1v) is 8.10. The number of hydrogen-bond donors (Lipinski definition) is 0. The average molecular weight is 310 g/mol. The van der Waals surface area contributed by atoms with Crippen LogP contribution < -0.4 is 10.1 Å². The van der Waals surface area contributed by atoms with Crippen molar-refractivity contribution in [1.82, 2.24) is 19.6 Å². The number of allylic oxidation sites excluding steroid dienone is 2. The zero-order valence-corrected chi connectivity index (χ0v) is 12.7. The molecule has 4 rings (SSSR count). The zero-order valence-electron chi connectivity index (χ0n) is 11.8. The summed E-state index contributed by atoms with van der Waals surface area (Å²) in [4.78, 5) is 21.5. The van der Waals surface area contributed by atoms with Crippen molar-refractivity contribution in [3.8, 4) is 11.4 Å². The molecule has 1 unspecified atom stereocenters. The molecule has 3 heterocycles. The molecule has 0 aromatic carbocycles. The van der Waals surface area contributed by atoms with E-state index < -0.39 is 0 Å². The lowest BCUT2D eigenvalue weighted by Crippen LogP contribution is -2.25. The standard InChI is InChI=1S/C16H14N4OS/c21-15-13(10-11-4-2-1-3-5-11)22-16-18-14(19-20(15)16)12-6-8-17-9-7-12/h1-2,6-11H,3-5H2/b13-10-. The van der Waals surface area contributed by atoms with Crippen molar-refractivity contribution in [2.75, 3.05) is 0 Å². The second kappa shape index (κ2) is 5.46. The fourth-order valence-electron chi connectivity index (χ4n) is 2.65. The molecule has 0 fully saturated rings. The zero-order chi connectivity index (χ0) is 14.9. The van der Waals surface area contributed by atoms with Crippen LogP contribution >= 0.6 is 11.3 Å². The SMILES string of the molecule is O=c1/c(=C/C2CC=CCC2)sc2nc(-c3ccncc3)nn12. The van der Waals surface area contributed by atoms with Crippen molar-refractivity contribution in [1.29, 1.82) is 0 Å². The van der Waals surface area contributed by atoms with Crippen LogP contribution in [0.2, 0.25) is 0 Å². The Balaban J connectivity index is 1.76. The normalized spacial score (nSPS) is 19.1. The molecule has 1 aliphatic carbocycles. The number of pyridine rings is 1. The molecule has 0 saturated carbocycles. The van der Waals surface area contributed by atoms with Gasteiger partial charge in [0, 0.05) is 18.0 Å². The smallest absolute Gasteiger partial charge is 0.266 e. The van der Waals surface area contributed by atoms with Crippen LogP contribution in [0.25, 0.3) is 22.4 Å². The number of hydrogen-bond acceptors (Lipinski definition) is 5. The summed E-state index contributed by atoms with van der Waals surface area (Å²) in [6, 6.07) is 3.68. The number of thiazole rings is 1. The Morgan fingerprint density at radius 2 is 2.14 bits per heavy atom. The van der Waals surface area contributed by atoms with Gasteiger partial charge in [-0.15, -0.1) is 5.10 Å². The fourth-order valence-corrected chi connectivity index (χ4v) is 3.63. The van der Waals surface area contributed by atoms with Crippen molar-refractivity contribution < 1.29 is 0 Å². The molecule has 0 aliphatic heterocycles. The quantitative estimate of drug-likeness (QED) is 0.680. The number of nitrogens with zero attached hydrogens (tertiary/aromatic N) is 4. The molecule has 6 heteroatoms. The van der Waals surface area contributed by atoms with Gasteiger partial charge in [0.15, 0.2) is 5.82 Å². The maximum absolute atomic E-state index is 12.5. The molecule has 0 spiro atoms. The molecular weight excluding hydrogens is 296 g/mol. The highest BCUT2D eigenvalue weighted by Gasteiger charge is 2.13. The summed E-state index contributed by atoms with van der Waals surface area (Å²) in [6.07, 6.45) is 13.1. The monoisotopic (exact) mass is 310 g/mol. The van der Waals surface area contributed by atoms with E-state index in [0.717, 1.165) is 29.4 Å². The predicted molar refractivity (Wildman–Crippen MR) is 86.5 cm³/mol. The second-order valence-electron chi connectivity index (χ2n) is 5.35. The lowest BCUT2D eigenvalue weighted by molar-refractivity contribution is 0.612. The molecule has 3 aromatic rings. The number of fused-ring (bicyclic) bond motifs is 1. The van der Waals surface area contributed by atoms with Crippen molar-refractivity contribution in [3.05, 3.63) is 51.6 Å². The number of rotatable bonds is 2. The van der Waals surface area contributed by atoms with Crippen LogP contribution in [0.15, 0.2) is 41.5 Å². The molecule has 1 atom stereocenters. The predicted octanol–water partition coefficient (Wildman–Crippen LogP) is 2.07. The van der Waals surface area contributed by atoms with Crippen LogP contribution in [-0.4, -0.2) is 19.6 Å². The van der Waals surface area contributed by atoms with E-state index in [-0.39, 0.29) is 5.56 Å². The fraction of sp³-hybridized carbons (Fsp3) is 0.250. The molecule has 0 radical (unpaired) electrons. The topological polar surface area (TPSA) is 60.2 Å². The summed E-state index contributed by atoms with van der Waals surface area (Å²) < 4.78 is 2.15. The lowest BCUT2D eigenvalue weighted by Gasteiger charge is -2.11. The maximum atomic E-state index is 12.5. The Kier molecular flexibility index (Phi) is 3.31. The molecule has 22 heavy (non-hydrogen) atoms. The van der Waals surface area contributed by atoms with Crippen molar-refractivity contribution in [3.63, 3.8) is 0 Å². The number of aromatic nitrogens is 4. The summed E-state index contributed by atoms with van der Waals surface area (Å²) in [5.41, 5.74) is 0.801. The van der Waals surface area contributed by atoms with Gasteiger partial charge in [-0.05, 0) is 37.3 Å². The highest BCUT2D eigenvalue weighted by molar-refractivity contribution is 7.15. The third-order valence-corrected chi connectivity index (χ3v) is 4.79. The van der Waals surface area contributed by atoms with Crippen LogP contribution in [-0.2, 0) is 0 Å². The molecule has 0 bridgehead atoms. The van der Waals surface area contributed by atoms with Crippen LogP contribution in [0.1, 0.15) is 19.3 Å². The molecule has 0 saturated heterocycles. The van der Waals surface area contributed by atoms with Gasteiger partial charge in [-0.1, -0.05) is 29.6 Å². The molecule has 1 aliphatic rings. The third-order valence-electron chi connectivity index (χ3n) is 3.82. The first kappa shape index (κ1) is 13.3. The van der Waals surface area contributed by atoms with Gasteiger partial charge in [0.2, 0.25) is 4.96 Å². The second-order valence-corrected chi connectivity index (χ2v) is 6.36. The highest BCUT2D eigenvalue weighted by Crippen LogP contribution is 2.19. The minimum atomic E-state index is -0.0673. The van der Waals surface area contributed by atoms with Gasteiger partial charge in [-0.2, -0.15) is 9.50 Å². The van der Waals surface area contributed by atoms with Crippen LogP contribution in [0, 0.1) is 5.92 Å². The summed E-state index contributed by atoms with van der Waals surface area (Å²) >= 11 is 1.41. The van der Waals surface area contributed by atoms with E-state index in [9.17, 15) is 4.79 Å². The highest BCUT2D eigenvalue weighted by atomic mass is 32.1. The van der Waals surface area contributed by atoms with E-state index in [1.54, 1.807) is 12.4 Å². The van der Waals surface area contributed by atoms with Crippen molar-refractivity contribution in [2.24, 2.45) is 5.92 Å². The van der Waals surface area contributed by atoms with Gasteiger partial charge in [-0.25, -0.2) is 0 Å². The van der Waals surface area contributed by atoms with Gasteiger partial charge >= 0.3 is 0 Å². The summed E-state index contributed by atoms with van der Waals surface area (Å²) in [5.74, 6) is 1.01. The van der Waals surface area contributed by atoms with Gasteiger partial charge < -0.3 is 0 Å². The molecule has 5 nitrogen and oxygen atoms in total. The van der Waals surface area contributed by atoms with Gasteiger partial charge in [0.05, 0.1) is 4.53 Å². The van der Waals surface area contributed by atoms with Crippen LogP contribution in [0.5, 0.6) is 0 Å². The summed E-state index contributed by atoms with van der Waals surface area (Å²) in [7, 11) is 0. The first-order valence-electron chi connectivity index (χ1n) is 7.28. The van der Waals surface area contributed by atoms with Gasteiger partial charge in [-0.3, -0.25) is 9.78 Å². The Bertz CT molecular complexity index is 942. The Labute approximate surface area is 130 Å². The van der Waals surface area contributed by atoms with Crippen molar-refractivity contribution in [2.45, 2.75) is 19.3 Å². The Morgan fingerprint density at radius 3 is 2.86 bits per heavy atom. The van der Waals surface area contributed by atoms with Crippen LogP contribution in [0.4, 0.5) is 0 Å². The molecule has 3 aromatic heterocycles. The van der Waals surface area contributed by atoms with Crippen LogP contribution in [0.3, 0.4) is 0 Å². The summed E-state index contributed by atoms with van der Waals surface area (Å²) in [6.45, 7) is 0. The van der Waals surface area contributed by atoms with E-state index in [4.69, 9.17) is 0 Å². The largest absolute Gasteiger partial charge is 0.290 e.